The predicted molar refractivity (Wildman–Crippen MR) is 68.7 cm³/mol. The molecule has 1 rings (SSSR count). The second-order valence-electron chi connectivity index (χ2n) is 4.64. The Hall–Kier alpha value is -1.06. The topological polar surface area (TPSA) is 63.7 Å². The standard InChI is InChI=1S/C12H19NO4S/c1-4-6-13(12(14)8-17-10(2)3)11-5-7-18(15,16)9-11/h1,10-11H,5-9H2,2-3H3. The van der Waals surface area contributed by atoms with Crippen LogP contribution in [0.25, 0.3) is 0 Å². The number of amides is 1. The minimum Gasteiger partial charge on any atom is -0.369 e. The van der Waals surface area contributed by atoms with Crippen LogP contribution in [-0.2, 0) is 19.4 Å². The van der Waals surface area contributed by atoms with Crippen molar-refractivity contribution in [2.24, 2.45) is 0 Å². The van der Waals surface area contributed by atoms with Gasteiger partial charge in [-0.15, -0.1) is 6.42 Å². The highest BCUT2D eigenvalue weighted by atomic mass is 32.2. The lowest BCUT2D eigenvalue weighted by atomic mass is 10.2. The van der Waals surface area contributed by atoms with E-state index in [1.165, 1.54) is 4.90 Å². The van der Waals surface area contributed by atoms with Crippen molar-refractivity contribution in [3.05, 3.63) is 0 Å². The highest BCUT2D eigenvalue weighted by molar-refractivity contribution is 7.91. The smallest absolute Gasteiger partial charge is 0.249 e. The van der Waals surface area contributed by atoms with Gasteiger partial charge in [0, 0.05) is 6.04 Å². The van der Waals surface area contributed by atoms with Crippen LogP contribution in [0.1, 0.15) is 20.3 Å². The summed E-state index contributed by atoms with van der Waals surface area (Å²) in [4.78, 5) is 13.4. The van der Waals surface area contributed by atoms with Crippen LogP contribution in [0.15, 0.2) is 0 Å². The first-order valence-electron chi connectivity index (χ1n) is 5.90. The molecular weight excluding hydrogens is 254 g/mol. The van der Waals surface area contributed by atoms with Crippen LogP contribution >= 0.6 is 0 Å². The maximum atomic E-state index is 11.9. The Morgan fingerprint density at radius 3 is 2.67 bits per heavy atom. The van der Waals surface area contributed by atoms with Gasteiger partial charge in [-0.25, -0.2) is 8.42 Å². The Bertz CT molecular complexity index is 435. The molecule has 1 aliphatic rings. The summed E-state index contributed by atoms with van der Waals surface area (Å²) in [5.74, 6) is 2.27. The maximum Gasteiger partial charge on any atom is 0.249 e. The van der Waals surface area contributed by atoms with Crippen molar-refractivity contribution in [1.29, 1.82) is 0 Å². The van der Waals surface area contributed by atoms with E-state index in [0.29, 0.717) is 6.42 Å². The number of sulfone groups is 1. The van der Waals surface area contributed by atoms with E-state index < -0.39 is 9.84 Å². The molecule has 0 aromatic carbocycles. The third kappa shape index (κ3) is 4.31. The minimum absolute atomic E-state index is 0.00208. The summed E-state index contributed by atoms with van der Waals surface area (Å²) in [6.07, 6.45) is 5.63. The third-order valence-electron chi connectivity index (χ3n) is 2.77. The molecule has 0 bridgehead atoms. The van der Waals surface area contributed by atoms with Gasteiger partial charge in [0.1, 0.15) is 6.61 Å². The molecule has 0 aliphatic carbocycles. The van der Waals surface area contributed by atoms with Crippen molar-refractivity contribution in [3.63, 3.8) is 0 Å². The van der Waals surface area contributed by atoms with Crippen LogP contribution in [-0.4, -0.2) is 56.0 Å². The van der Waals surface area contributed by atoms with E-state index in [1.807, 2.05) is 13.8 Å². The second-order valence-corrected chi connectivity index (χ2v) is 6.87. The molecule has 102 valence electrons. The zero-order chi connectivity index (χ0) is 13.8. The van der Waals surface area contributed by atoms with Crippen molar-refractivity contribution >= 4 is 15.7 Å². The van der Waals surface area contributed by atoms with Gasteiger partial charge < -0.3 is 9.64 Å². The first-order valence-corrected chi connectivity index (χ1v) is 7.73. The number of rotatable bonds is 5. The van der Waals surface area contributed by atoms with E-state index in [1.54, 1.807) is 0 Å². The Kier molecular flexibility index (Phi) is 5.17. The zero-order valence-electron chi connectivity index (χ0n) is 10.8. The van der Waals surface area contributed by atoms with E-state index in [-0.39, 0.29) is 42.7 Å². The van der Waals surface area contributed by atoms with Gasteiger partial charge in [-0.1, -0.05) is 5.92 Å². The molecule has 1 saturated heterocycles. The molecule has 1 heterocycles. The first-order chi connectivity index (χ1) is 8.35. The summed E-state index contributed by atoms with van der Waals surface area (Å²) in [6.45, 7) is 3.73. The summed E-state index contributed by atoms with van der Waals surface area (Å²) in [5, 5.41) is 0. The Morgan fingerprint density at radius 1 is 1.56 bits per heavy atom. The molecule has 1 aliphatic heterocycles. The van der Waals surface area contributed by atoms with E-state index in [9.17, 15) is 13.2 Å². The molecule has 1 amide bonds. The number of carbonyl (C=O) groups is 1. The lowest BCUT2D eigenvalue weighted by molar-refractivity contribution is -0.138. The maximum absolute atomic E-state index is 11.9. The zero-order valence-corrected chi connectivity index (χ0v) is 11.6. The van der Waals surface area contributed by atoms with Crippen LogP contribution in [0.5, 0.6) is 0 Å². The largest absolute Gasteiger partial charge is 0.369 e. The lowest BCUT2D eigenvalue weighted by Gasteiger charge is -2.26. The van der Waals surface area contributed by atoms with Crippen LogP contribution in [0, 0.1) is 12.3 Å². The van der Waals surface area contributed by atoms with Gasteiger partial charge in [0.05, 0.1) is 24.2 Å². The van der Waals surface area contributed by atoms with Gasteiger partial charge in [-0.2, -0.15) is 0 Å². The van der Waals surface area contributed by atoms with Crippen molar-refractivity contribution in [1.82, 2.24) is 4.90 Å². The molecule has 0 aromatic heterocycles. The number of hydrogen-bond acceptors (Lipinski definition) is 4. The molecule has 0 spiro atoms. The Morgan fingerprint density at radius 2 is 2.22 bits per heavy atom. The lowest BCUT2D eigenvalue weighted by Crippen LogP contribution is -2.43. The fourth-order valence-electron chi connectivity index (χ4n) is 1.86. The molecule has 0 N–H and O–H groups in total. The summed E-state index contributed by atoms with van der Waals surface area (Å²) < 4.78 is 28.1. The van der Waals surface area contributed by atoms with E-state index in [4.69, 9.17) is 11.2 Å². The van der Waals surface area contributed by atoms with E-state index >= 15 is 0 Å². The fourth-order valence-corrected chi connectivity index (χ4v) is 3.59. The van der Waals surface area contributed by atoms with Crippen LogP contribution < -0.4 is 0 Å². The number of hydrogen-bond donors (Lipinski definition) is 0. The third-order valence-corrected chi connectivity index (χ3v) is 4.52. The summed E-state index contributed by atoms with van der Waals surface area (Å²) in [5.41, 5.74) is 0. The molecule has 6 heteroatoms. The van der Waals surface area contributed by atoms with Gasteiger partial charge >= 0.3 is 0 Å². The average molecular weight is 273 g/mol. The summed E-state index contributed by atoms with van der Waals surface area (Å²) >= 11 is 0. The summed E-state index contributed by atoms with van der Waals surface area (Å²) in [6, 6.07) is -0.311. The first kappa shape index (κ1) is 15.0. The Balaban J connectivity index is 2.66. The van der Waals surface area contributed by atoms with Gasteiger partial charge in [-0.05, 0) is 20.3 Å². The molecule has 0 aromatic rings. The quantitative estimate of drug-likeness (QED) is 0.665. The molecular formula is C12H19NO4S. The van der Waals surface area contributed by atoms with Crippen molar-refractivity contribution in [3.8, 4) is 12.3 Å². The van der Waals surface area contributed by atoms with Gasteiger partial charge in [-0.3, -0.25) is 4.79 Å². The van der Waals surface area contributed by atoms with Crippen LogP contribution in [0.3, 0.4) is 0 Å². The van der Waals surface area contributed by atoms with Crippen molar-refractivity contribution < 1.29 is 17.9 Å². The molecule has 1 fully saturated rings. The van der Waals surface area contributed by atoms with Crippen molar-refractivity contribution in [2.45, 2.75) is 32.4 Å². The molecule has 0 saturated carbocycles. The van der Waals surface area contributed by atoms with E-state index in [2.05, 4.69) is 5.92 Å². The summed E-state index contributed by atoms with van der Waals surface area (Å²) in [7, 11) is -3.03. The van der Waals surface area contributed by atoms with Gasteiger partial charge in [0.2, 0.25) is 5.91 Å². The number of carbonyl (C=O) groups excluding carboxylic acids is 1. The molecule has 5 nitrogen and oxygen atoms in total. The molecule has 18 heavy (non-hydrogen) atoms. The average Bonchev–Trinajstić information content (AvgIpc) is 2.63. The number of terminal acetylenes is 1. The highest BCUT2D eigenvalue weighted by Crippen LogP contribution is 2.17. The Labute approximate surface area is 108 Å². The predicted octanol–water partition coefficient (Wildman–Crippen LogP) is 0.0603. The number of ether oxygens (including phenoxy) is 1. The van der Waals surface area contributed by atoms with E-state index in [0.717, 1.165) is 0 Å². The second kappa shape index (κ2) is 6.21. The van der Waals surface area contributed by atoms with Crippen LogP contribution in [0.4, 0.5) is 0 Å². The number of nitrogens with zero attached hydrogens (tertiary/aromatic N) is 1. The minimum atomic E-state index is -3.03. The molecule has 1 unspecified atom stereocenters. The molecule has 1 atom stereocenters. The molecule has 0 radical (unpaired) electrons. The van der Waals surface area contributed by atoms with Crippen LogP contribution in [0.2, 0.25) is 0 Å². The SMILES string of the molecule is C#CCN(C(=O)COC(C)C)C1CCS(=O)(=O)C1. The van der Waals surface area contributed by atoms with Crippen molar-refractivity contribution in [2.75, 3.05) is 24.7 Å². The van der Waals surface area contributed by atoms with Gasteiger partial charge in [0.25, 0.3) is 0 Å². The fraction of sp³-hybridized carbons (Fsp3) is 0.750. The normalized spacial score (nSPS) is 21.8. The highest BCUT2D eigenvalue weighted by Gasteiger charge is 2.34. The van der Waals surface area contributed by atoms with Gasteiger partial charge in [0.15, 0.2) is 9.84 Å². The monoisotopic (exact) mass is 273 g/mol.